The van der Waals surface area contributed by atoms with E-state index in [0.29, 0.717) is 28.0 Å². The molecule has 0 amide bonds. The standard InChI is InChI=1S/C46H64O2S/c1-34(2)18-12-19-35(3)20-13-21-36(4)22-14-23-37(5)24-15-25-38(6)26-16-27-39(7)28-17-29-40(8)32-33-43-44(47)41-30-10-11-31-42(41)45(48)46(43)49-9/h10-11,18,20,22,24,26,28,30-32H,12-17,19,21,23,25,27,29,33H2,1-9H3. The molecular formula is C46H64O2S. The van der Waals surface area contributed by atoms with Crippen LogP contribution in [0.3, 0.4) is 0 Å². The second-order valence-corrected chi connectivity index (χ2v) is 15.1. The predicted molar refractivity (Wildman–Crippen MR) is 218 cm³/mol. The highest BCUT2D eigenvalue weighted by Gasteiger charge is 2.30. The molecule has 0 radical (unpaired) electrons. The average Bonchev–Trinajstić information content (AvgIpc) is 3.05. The van der Waals surface area contributed by atoms with Gasteiger partial charge >= 0.3 is 0 Å². The summed E-state index contributed by atoms with van der Waals surface area (Å²) in [5, 5.41) is 0. The molecule has 1 aromatic rings. The molecule has 0 atom stereocenters. The van der Waals surface area contributed by atoms with E-state index in [0.717, 1.165) is 64.2 Å². The van der Waals surface area contributed by atoms with E-state index in [1.54, 1.807) is 12.1 Å². The Balaban J connectivity index is 1.68. The third kappa shape index (κ3) is 16.4. The van der Waals surface area contributed by atoms with Crippen molar-refractivity contribution in [1.82, 2.24) is 0 Å². The Hall–Kier alpha value is -3.17. The molecule has 2 rings (SSSR count). The molecule has 1 aliphatic carbocycles. The molecule has 0 saturated heterocycles. The van der Waals surface area contributed by atoms with Crippen LogP contribution in [0.4, 0.5) is 0 Å². The van der Waals surface area contributed by atoms with Gasteiger partial charge in [-0.05, 0) is 145 Å². The van der Waals surface area contributed by atoms with Crippen molar-refractivity contribution in [3.05, 3.63) is 127 Å². The van der Waals surface area contributed by atoms with Gasteiger partial charge in [-0.25, -0.2) is 0 Å². The lowest BCUT2D eigenvalue weighted by molar-refractivity contribution is 0.0980. The molecule has 0 heterocycles. The molecule has 2 nitrogen and oxygen atoms in total. The van der Waals surface area contributed by atoms with Crippen LogP contribution in [0.25, 0.3) is 0 Å². The van der Waals surface area contributed by atoms with Crippen LogP contribution >= 0.6 is 11.8 Å². The number of thioether (sulfide) groups is 1. The number of ketones is 2. The van der Waals surface area contributed by atoms with Gasteiger partial charge in [0.25, 0.3) is 0 Å². The van der Waals surface area contributed by atoms with Crippen LogP contribution in [0, 0.1) is 0 Å². The number of Topliss-reactive ketones (excluding diaryl/α,β-unsaturated/α-hetero) is 2. The predicted octanol–water partition coefficient (Wildman–Crippen LogP) is 14.4. The first kappa shape index (κ1) is 42.0. The van der Waals surface area contributed by atoms with Crippen LogP contribution in [0.1, 0.15) is 160 Å². The monoisotopic (exact) mass is 680 g/mol. The maximum atomic E-state index is 13.1. The number of allylic oxidation sites excluding steroid dienone is 16. The topological polar surface area (TPSA) is 34.1 Å². The summed E-state index contributed by atoms with van der Waals surface area (Å²) in [6, 6.07) is 7.17. The Morgan fingerprint density at radius 3 is 1.16 bits per heavy atom. The average molecular weight is 681 g/mol. The molecule has 1 aliphatic rings. The molecule has 3 heteroatoms. The lowest BCUT2D eigenvalue weighted by Crippen LogP contribution is -2.20. The zero-order valence-electron chi connectivity index (χ0n) is 32.3. The Bertz CT molecular complexity index is 1510. The van der Waals surface area contributed by atoms with E-state index in [9.17, 15) is 9.59 Å². The summed E-state index contributed by atoms with van der Waals surface area (Å²) in [4.78, 5) is 26.7. The van der Waals surface area contributed by atoms with Crippen LogP contribution in [0.2, 0.25) is 0 Å². The van der Waals surface area contributed by atoms with Gasteiger partial charge in [0, 0.05) is 16.7 Å². The van der Waals surface area contributed by atoms with Gasteiger partial charge in [-0.2, -0.15) is 0 Å². The smallest absolute Gasteiger partial charge is 0.200 e. The van der Waals surface area contributed by atoms with Crippen LogP contribution in [-0.4, -0.2) is 17.8 Å². The fraction of sp³-hybridized carbons (Fsp3) is 0.478. The van der Waals surface area contributed by atoms with E-state index in [2.05, 4.69) is 97.9 Å². The van der Waals surface area contributed by atoms with Crippen LogP contribution in [0.5, 0.6) is 0 Å². The van der Waals surface area contributed by atoms with Gasteiger partial charge in [-0.1, -0.05) is 106 Å². The van der Waals surface area contributed by atoms with Crippen molar-refractivity contribution in [3.8, 4) is 0 Å². The van der Waals surface area contributed by atoms with E-state index in [-0.39, 0.29) is 11.6 Å². The van der Waals surface area contributed by atoms with Crippen LogP contribution in [-0.2, 0) is 0 Å². The summed E-state index contributed by atoms with van der Waals surface area (Å²) in [5.41, 5.74) is 11.8. The van der Waals surface area contributed by atoms with Gasteiger partial charge in [0.2, 0.25) is 5.78 Å². The minimum absolute atomic E-state index is 0.0112. The number of hydrogen-bond donors (Lipinski definition) is 0. The minimum Gasteiger partial charge on any atom is -0.289 e. The first-order chi connectivity index (χ1) is 23.4. The Labute approximate surface area is 304 Å². The van der Waals surface area contributed by atoms with Crippen molar-refractivity contribution < 1.29 is 9.59 Å². The summed E-state index contributed by atoms with van der Waals surface area (Å²) in [5.74, 6) is -0.0364. The van der Waals surface area contributed by atoms with Gasteiger partial charge in [0.1, 0.15) is 0 Å². The van der Waals surface area contributed by atoms with E-state index in [1.165, 1.54) is 63.6 Å². The Morgan fingerprint density at radius 2 is 0.816 bits per heavy atom. The summed E-state index contributed by atoms with van der Waals surface area (Å²) < 4.78 is 0. The second kappa shape index (κ2) is 23.3. The van der Waals surface area contributed by atoms with E-state index in [4.69, 9.17) is 0 Å². The molecule has 0 fully saturated rings. The quantitative estimate of drug-likeness (QED) is 0.121. The van der Waals surface area contributed by atoms with Gasteiger partial charge in [-0.3, -0.25) is 9.59 Å². The number of carbonyl (C=O) groups is 2. The van der Waals surface area contributed by atoms with Gasteiger partial charge < -0.3 is 0 Å². The molecule has 0 bridgehead atoms. The molecule has 49 heavy (non-hydrogen) atoms. The van der Waals surface area contributed by atoms with Crippen molar-refractivity contribution in [2.45, 2.75) is 139 Å². The summed E-state index contributed by atoms with van der Waals surface area (Å²) >= 11 is 1.38. The molecule has 0 unspecified atom stereocenters. The molecule has 0 aliphatic heterocycles. The van der Waals surface area contributed by atoms with E-state index < -0.39 is 0 Å². The summed E-state index contributed by atoms with van der Waals surface area (Å²) in [6.45, 7) is 17.8. The normalized spacial score (nSPS) is 15.3. The Kier molecular flexibility index (Phi) is 19.9. The molecule has 266 valence electrons. The fourth-order valence-electron chi connectivity index (χ4n) is 6.01. The number of fused-ring (bicyclic) bond motifs is 1. The largest absolute Gasteiger partial charge is 0.289 e. The van der Waals surface area contributed by atoms with Gasteiger partial charge in [0.15, 0.2) is 5.78 Å². The second-order valence-electron chi connectivity index (χ2n) is 14.2. The molecular weight excluding hydrogens is 617 g/mol. The van der Waals surface area contributed by atoms with Crippen molar-refractivity contribution in [2.24, 2.45) is 0 Å². The minimum atomic E-state index is -0.0251. The first-order valence-corrected chi connectivity index (χ1v) is 19.7. The molecule has 0 aromatic heterocycles. The number of carbonyl (C=O) groups excluding carboxylic acids is 2. The fourth-order valence-corrected chi connectivity index (χ4v) is 6.73. The molecule has 0 N–H and O–H groups in total. The highest BCUT2D eigenvalue weighted by molar-refractivity contribution is 8.03. The third-order valence-corrected chi connectivity index (χ3v) is 10.1. The summed E-state index contributed by atoms with van der Waals surface area (Å²) in [7, 11) is 0. The zero-order chi connectivity index (χ0) is 36.2. The van der Waals surface area contributed by atoms with Crippen LogP contribution in [0.15, 0.2) is 116 Å². The number of benzene rings is 1. The van der Waals surface area contributed by atoms with Gasteiger partial charge in [-0.15, -0.1) is 11.8 Å². The van der Waals surface area contributed by atoms with Crippen molar-refractivity contribution >= 4 is 23.3 Å². The van der Waals surface area contributed by atoms with E-state index in [1.807, 2.05) is 18.4 Å². The third-order valence-electron chi connectivity index (χ3n) is 9.28. The van der Waals surface area contributed by atoms with Crippen LogP contribution < -0.4 is 0 Å². The lowest BCUT2D eigenvalue weighted by Gasteiger charge is -2.19. The first-order valence-electron chi connectivity index (χ1n) is 18.5. The van der Waals surface area contributed by atoms with Crippen molar-refractivity contribution in [2.75, 3.05) is 6.26 Å². The number of hydrogen-bond acceptors (Lipinski definition) is 3. The SMILES string of the molecule is CSC1=C(CC=C(C)CCC=C(C)CCC=C(C)CCC=C(C)CCC=C(C)CCC=C(C)CCC=C(C)C)C(=O)c2ccccc2C1=O. The lowest BCUT2D eigenvalue weighted by atomic mass is 9.87. The maximum absolute atomic E-state index is 13.1. The van der Waals surface area contributed by atoms with E-state index >= 15 is 0 Å². The molecule has 0 saturated carbocycles. The molecule has 1 aromatic carbocycles. The highest BCUT2D eigenvalue weighted by Crippen LogP contribution is 2.33. The van der Waals surface area contributed by atoms with Crippen molar-refractivity contribution in [1.29, 1.82) is 0 Å². The maximum Gasteiger partial charge on any atom is 0.200 e. The number of rotatable bonds is 21. The van der Waals surface area contributed by atoms with Crippen molar-refractivity contribution in [3.63, 3.8) is 0 Å². The Morgan fingerprint density at radius 1 is 0.490 bits per heavy atom. The summed E-state index contributed by atoms with van der Waals surface area (Å²) in [6.07, 6.45) is 32.2. The zero-order valence-corrected chi connectivity index (χ0v) is 33.1. The van der Waals surface area contributed by atoms with Gasteiger partial charge in [0.05, 0.1) is 4.91 Å². The molecule has 0 spiro atoms. The highest BCUT2D eigenvalue weighted by atomic mass is 32.2.